The lowest BCUT2D eigenvalue weighted by molar-refractivity contribution is 0.596. The monoisotopic (exact) mass is 526 g/mol. The summed E-state index contributed by atoms with van der Waals surface area (Å²) in [5.41, 5.74) is 3.46. The van der Waals surface area contributed by atoms with Gasteiger partial charge in [0.1, 0.15) is 10.0 Å². The van der Waals surface area contributed by atoms with Gasteiger partial charge in [0, 0.05) is 28.7 Å². The number of sulfone groups is 1. The van der Waals surface area contributed by atoms with Crippen molar-refractivity contribution in [1.29, 1.82) is 0 Å². The van der Waals surface area contributed by atoms with E-state index in [1.165, 1.54) is 29.6 Å². The normalized spacial score (nSPS) is 13.7. The standard InChI is InChI=1S/C25H19FN2O4S3/c26-19-9-6-17-12-13-27-25(23(17)14-19)18-7-10-20(11-8-18)28-35(31,32)24-15-22(16-33-24)34(29,30)21-4-2-1-3-5-21/h1-11,14-16,28H,12-13H2. The maximum atomic E-state index is 13.8. The third-order valence-corrected chi connectivity index (χ3v) is 10.3. The molecular weight excluding hydrogens is 507 g/mol. The lowest BCUT2D eigenvalue weighted by Crippen LogP contribution is -2.15. The molecule has 0 saturated carbocycles. The predicted molar refractivity (Wildman–Crippen MR) is 134 cm³/mol. The van der Waals surface area contributed by atoms with Crippen molar-refractivity contribution in [2.45, 2.75) is 20.4 Å². The number of sulfonamides is 1. The van der Waals surface area contributed by atoms with Crippen molar-refractivity contribution in [2.24, 2.45) is 4.99 Å². The maximum Gasteiger partial charge on any atom is 0.271 e. The molecule has 10 heteroatoms. The molecule has 1 aliphatic rings. The first-order valence-corrected chi connectivity index (χ1v) is 14.4. The average Bonchev–Trinajstić information content (AvgIpc) is 3.37. The lowest BCUT2D eigenvalue weighted by atomic mass is 9.93. The van der Waals surface area contributed by atoms with Crippen molar-refractivity contribution in [3.05, 3.63) is 107 Å². The third-order valence-electron chi connectivity index (χ3n) is 5.57. The summed E-state index contributed by atoms with van der Waals surface area (Å²) >= 11 is 0.833. The first kappa shape index (κ1) is 23.4. The number of halogens is 1. The van der Waals surface area contributed by atoms with Gasteiger partial charge in [-0.2, -0.15) is 0 Å². The van der Waals surface area contributed by atoms with Crippen molar-refractivity contribution in [3.63, 3.8) is 0 Å². The fraction of sp³-hybridized carbons (Fsp3) is 0.0800. The van der Waals surface area contributed by atoms with Gasteiger partial charge in [0.05, 0.1) is 15.5 Å². The fourth-order valence-electron chi connectivity index (χ4n) is 3.83. The van der Waals surface area contributed by atoms with Gasteiger partial charge in [0.2, 0.25) is 9.84 Å². The van der Waals surface area contributed by atoms with Gasteiger partial charge in [-0.05, 0) is 54.4 Å². The molecule has 0 bridgehead atoms. The quantitative estimate of drug-likeness (QED) is 0.386. The van der Waals surface area contributed by atoms with Crippen LogP contribution in [0.25, 0.3) is 0 Å². The fourth-order valence-corrected chi connectivity index (χ4v) is 7.79. The highest BCUT2D eigenvalue weighted by Crippen LogP contribution is 2.30. The van der Waals surface area contributed by atoms with Crippen LogP contribution in [0.15, 0.2) is 103 Å². The molecule has 6 nitrogen and oxygen atoms in total. The Morgan fingerprint density at radius 1 is 0.857 bits per heavy atom. The van der Waals surface area contributed by atoms with Gasteiger partial charge < -0.3 is 0 Å². The average molecular weight is 527 g/mol. The Labute approximate surface area is 206 Å². The number of rotatable bonds is 6. The van der Waals surface area contributed by atoms with Crippen molar-refractivity contribution >= 4 is 42.6 Å². The van der Waals surface area contributed by atoms with Gasteiger partial charge in [0.15, 0.2) is 0 Å². The number of nitrogens with one attached hydrogen (secondary N) is 1. The highest BCUT2D eigenvalue weighted by molar-refractivity contribution is 7.95. The Hall–Kier alpha value is -3.34. The molecule has 3 aromatic carbocycles. The zero-order valence-electron chi connectivity index (χ0n) is 18.2. The lowest BCUT2D eigenvalue weighted by Gasteiger charge is -2.17. The Bertz CT molecular complexity index is 1640. The van der Waals surface area contributed by atoms with E-state index < -0.39 is 19.9 Å². The molecule has 0 unspecified atom stereocenters. The Kier molecular flexibility index (Phi) is 6.04. The van der Waals surface area contributed by atoms with E-state index in [1.54, 1.807) is 48.5 Å². The van der Waals surface area contributed by atoms with Crippen LogP contribution in [0.1, 0.15) is 16.7 Å². The molecule has 0 saturated heterocycles. The number of fused-ring (bicyclic) bond motifs is 1. The zero-order valence-corrected chi connectivity index (χ0v) is 20.6. The number of hydrogen-bond donors (Lipinski definition) is 1. The molecule has 178 valence electrons. The first-order valence-electron chi connectivity index (χ1n) is 10.6. The van der Waals surface area contributed by atoms with Crippen molar-refractivity contribution in [3.8, 4) is 0 Å². The van der Waals surface area contributed by atoms with E-state index in [1.807, 2.05) is 0 Å². The highest BCUT2D eigenvalue weighted by Gasteiger charge is 2.24. The summed E-state index contributed by atoms with van der Waals surface area (Å²) in [5, 5.41) is 1.32. The van der Waals surface area contributed by atoms with Crippen LogP contribution in [-0.2, 0) is 26.3 Å². The molecule has 1 aliphatic heterocycles. The Morgan fingerprint density at radius 2 is 1.60 bits per heavy atom. The van der Waals surface area contributed by atoms with E-state index >= 15 is 0 Å². The van der Waals surface area contributed by atoms with Crippen LogP contribution in [0, 0.1) is 5.82 Å². The van der Waals surface area contributed by atoms with Crippen LogP contribution >= 0.6 is 11.3 Å². The molecule has 0 spiro atoms. The van der Waals surface area contributed by atoms with Crippen LogP contribution in [0.5, 0.6) is 0 Å². The van der Waals surface area contributed by atoms with E-state index in [2.05, 4.69) is 9.71 Å². The van der Waals surface area contributed by atoms with Crippen LogP contribution in [0.2, 0.25) is 0 Å². The molecule has 0 atom stereocenters. The number of thiophene rings is 1. The van der Waals surface area contributed by atoms with Crippen LogP contribution in [0.4, 0.5) is 10.1 Å². The molecule has 4 aromatic rings. The molecule has 0 aliphatic carbocycles. The summed E-state index contributed by atoms with van der Waals surface area (Å²) < 4.78 is 67.6. The summed E-state index contributed by atoms with van der Waals surface area (Å²) in [6.45, 7) is 0.592. The minimum atomic E-state index is -4.00. The van der Waals surface area contributed by atoms with E-state index in [0.717, 1.165) is 40.5 Å². The second-order valence-electron chi connectivity index (χ2n) is 7.88. The van der Waals surface area contributed by atoms with E-state index in [0.29, 0.717) is 17.9 Å². The molecule has 2 heterocycles. The molecular formula is C25H19FN2O4S3. The predicted octanol–water partition coefficient (Wildman–Crippen LogP) is 4.91. The van der Waals surface area contributed by atoms with Crippen molar-refractivity contribution in [2.75, 3.05) is 11.3 Å². The van der Waals surface area contributed by atoms with Crippen molar-refractivity contribution < 1.29 is 21.2 Å². The van der Waals surface area contributed by atoms with Crippen LogP contribution in [0.3, 0.4) is 0 Å². The van der Waals surface area contributed by atoms with Crippen molar-refractivity contribution in [1.82, 2.24) is 0 Å². The molecule has 5 rings (SSSR count). The smallest absolute Gasteiger partial charge is 0.271 e. The van der Waals surface area contributed by atoms with Gasteiger partial charge in [0.25, 0.3) is 10.0 Å². The number of nitrogens with zero attached hydrogens (tertiary/aromatic N) is 1. The van der Waals surface area contributed by atoms with Gasteiger partial charge in [-0.1, -0.05) is 36.4 Å². The molecule has 0 fully saturated rings. The number of hydrogen-bond acceptors (Lipinski definition) is 6. The summed E-state index contributed by atoms with van der Waals surface area (Å²) in [6.07, 6.45) is 0.736. The minimum Gasteiger partial charge on any atom is -0.284 e. The highest BCUT2D eigenvalue weighted by atomic mass is 32.2. The maximum absolute atomic E-state index is 13.8. The molecule has 1 aromatic heterocycles. The molecule has 1 N–H and O–H groups in total. The van der Waals surface area contributed by atoms with Crippen LogP contribution in [-0.4, -0.2) is 29.1 Å². The topological polar surface area (TPSA) is 92.7 Å². The molecule has 0 radical (unpaired) electrons. The summed E-state index contributed by atoms with van der Waals surface area (Å²) in [4.78, 5) is 4.56. The minimum absolute atomic E-state index is 0.0781. The first-order chi connectivity index (χ1) is 16.7. The molecule has 0 amide bonds. The van der Waals surface area contributed by atoms with E-state index in [9.17, 15) is 21.2 Å². The summed E-state index contributed by atoms with van der Waals surface area (Å²) in [6, 6.07) is 20.3. The van der Waals surface area contributed by atoms with Gasteiger partial charge >= 0.3 is 0 Å². The van der Waals surface area contributed by atoms with Crippen LogP contribution < -0.4 is 4.72 Å². The zero-order chi connectivity index (χ0) is 24.6. The summed E-state index contributed by atoms with van der Waals surface area (Å²) in [5.74, 6) is -0.340. The van der Waals surface area contributed by atoms with Gasteiger partial charge in [-0.15, -0.1) is 11.3 Å². The second-order valence-corrected chi connectivity index (χ2v) is 12.7. The Morgan fingerprint density at radius 3 is 2.34 bits per heavy atom. The Balaban J connectivity index is 1.37. The summed E-state index contributed by atoms with van der Waals surface area (Å²) in [7, 11) is -7.82. The van der Waals surface area contributed by atoms with E-state index in [-0.39, 0.29) is 19.8 Å². The SMILES string of the molecule is O=S(=O)(Nc1ccc(C2=NCCc3ccc(F)cc32)cc1)c1cc(S(=O)(=O)c2ccccc2)cs1. The largest absolute Gasteiger partial charge is 0.284 e. The van der Waals surface area contributed by atoms with Gasteiger partial charge in [-0.3, -0.25) is 9.71 Å². The second kappa shape index (κ2) is 9.03. The third kappa shape index (κ3) is 4.64. The number of aliphatic imine (C=N–C) groups is 1. The van der Waals surface area contributed by atoms with Gasteiger partial charge in [-0.25, -0.2) is 21.2 Å². The number of anilines is 1. The van der Waals surface area contributed by atoms with E-state index in [4.69, 9.17) is 0 Å². The number of benzene rings is 3. The molecule has 35 heavy (non-hydrogen) atoms.